The largest absolute Gasteiger partial charge is 0.456 e. The molecule has 0 heterocycles. The van der Waals surface area contributed by atoms with Crippen molar-refractivity contribution in [3.8, 4) is 11.5 Å². The number of carbonyl (C=O) groups is 1. The number of nitrogens with zero attached hydrogens (tertiary/aromatic N) is 1. The molecule has 0 aliphatic rings. The van der Waals surface area contributed by atoms with Gasteiger partial charge in [0.1, 0.15) is 11.5 Å². The van der Waals surface area contributed by atoms with Gasteiger partial charge in [0.05, 0.1) is 9.95 Å². The van der Waals surface area contributed by atoms with Crippen LogP contribution in [-0.4, -0.2) is 10.7 Å². The first-order valence-electron chi connectivity index (χ1n) is 6.26. The van der Waals surface area contributed by atoms with E-state index < -0.39 is 4.92 Å². The van der Waals surface area contributed by atoms with Crippen LogP contribution in [-0.2, 0) is 0 Å². The maximum absolute atomic E-state index is 11.5. The molecule has 0 aliphatic carbocycles. The Kier molecular flexibility index (Phi) is 4.55. The van der Waals surface area contributed by atoms with E-state index >= 15 is 0 Å². The third-order valence-electron chi connectivity index (χ3n) is 2.85. The van der Waals surface area contributed by atoms with Gasteiger partial charge in [-0.3, -0.25) is 14.9 Å². The van der Waals surface area contributed by atoms with Gasteiger partial charge in [0, 0.05) is 24.1 Å². The number of benzene rings is 2. The molecule has 2 rings (SSSR count). The van der Waals surface area contributed by atoms with Crippen molar-refractivity contribution in [2.45, 2.75) is 13.3 Å². The van der Waals surface area contributed by atoms with Crippen LogP contribution in [0.1, 0.15) is 23.7 Å². The van der Waals surface area contributed by atoms with Crippen LogP contribution in [0.2, 0.25) is 5.02 Å². The molecule has 0 radical (unpaired) electrons. The molecule has 6 heteroatoms. The molecule has 2 aromatic rings. The second-order valence-corrected chi connectivity index (χ2v) is 4.68. The lowest BCUT2D eigenvalue weighted by Gasteiger charge is -2.08. The van der Waals surface area contributed by atoms with E-state index in [0.717, 1.165) is 0 Å². The summed E-state index contributed by atoms with van der Waals surface area (Å²) in [6.45, 7) is 1.80. The predicted molar refractivity (Wildman–Crippen MR) is 79.2 cm³/mol. The van der Waals surface area contributed by atoms with E-state index in [1.807, 2.05) is 0 Å². The van der Waals surface area contributed by atoms with Crippen molar-refractivity contribution in [1.82, 2.24) is 0 Å². The van der Waals surface area contributed by atoms with Gasteiger partial charge in [-0.1, -0.05) is 18.5 Å². The summed E-state index contributed by atoms with van der Waals surface area (Å²) in [6, 6.07) is 10.6. The third kappa shape index (κ3) is 3.58. The number of Topliss-reactive ketones (excluding diaryl/α,β-unsaturated/α-hetero) is 1. The lowest BCUT2D eigenvalue weighted by Crippen LogP contribution is -1.96. The number of carbonyl (C=O) groups excluding carboxylic acids is 1. The van der Waals surface area contributed by atoms with E-state index in [1.165, 1.54) is 18.2 Å². The molecular weight excluding hydrogens is 294 g/mol. The molecule has 0 bridgehead atoms. The van der Waals surface area contributed by atoms with Gasteiger partial charge in [-0.2, -0.15) is 0 Å². The highest BCUT2D eigenvalue weighted by molar-refractivity contribution is 6.32. The molecule has 2 aromatic carbocycles. The lowest BCUT2D eigenvalue weighted by atomic mass is 10.1. The average Bonchev–Trinajstić information content (AvgIpc) is 2.49. The van der Waals surface area contributed by atoms with Crippen LogP contribution >= 0.6 is 11.6 Å². The first-order valence-corrected chi connectivity index (χ1v) is 6.64. The number of ether oxygens (including phenoxy) is 1. The van der Waals surface area contributed by atoms with Crippen LogP contribution in [0.4, 0.5) is 5.69 Å². The van der Waals surface area contributed by atoms with E-state index in [9.17, 15) is 14.9 Å². The summed E-state index contributed by atoms with van der Waals surface area (Å²) in [5.41, 5.74) is 0.510. The van der Waals surface area contributed by atoms with Crippen molar-refractivity contribution in [3.05, 3.63) is 63.2 Å². The Balaban J connectivity index is 2.18. The summed E-state index contributed by atoms with van der Waals surface area (Å²) in [4.78, 5) is 21.6. The highest BCUT2D eigenvalue weighted by atomic mass is 35.5. The molecule has 0 fully saturated rings. The van der Waals surface area contributed by atoms with Crippen molar-refractivity contribution in [3.63, 3.8) is 0 Å². The Bertz CT molecular complexity index is 683. The average molecular weight is 306 g/mol. The Labute approximate surface area is 126 Å². The van der Waals surface area contributed by atoms with Crippen LogP contribution in [0.25, 0.3) is 0 Å². The van der Waals surface area contributed by atoms with E-state index in [4.69, 9.17) is 16.3 Å². The molecule has 0 N–H and O–H groups in total. The zero-order chi connectivity index (χ0) is 15.4. The molecule has 0 aromatic heterocycles. The summed E-state index contributed by atoms with van der Waals surface area (Å²) < 4.78 is 5.55. The molecule has 0 unspecified atom stereocenters. The minimum atomic E-state index is -0.527. The van der Waals surface area contributed by atoms with Gasteiger partial charge >= 0.3 is 0 Å². The third-order valence-corrected chi connectivity index (χ3v) is 3.15. The number of hydrogen-bond donors (Lipinski definition) is 0. The second-order valence-electron chi connectivity index (χ2n) is 4.28. The number of rotatable bonds is 5. The summed E-state index contributed by atoms with van der Waals surface area (Å²) in [5, 5.41) is 10.8. The Morgan fingerprint density at radius 1 is 1.24 bits per heavy atom. The maximum atomic E-state index is 11.5. The topological polar surface area (TPSA) is 69.4 Å². The molecule has 0 amide bonds. The maximum Gasteiger partial charge on any atom is 0.271 e. The number of ketones is 1. The SMILES string of the molecule is CCC(=O)c1ccc(Oc2ccc([N+](=O)[O-])cc2Cl)cc1. The highest BCUT2D eigenvalue weighted by Gasteiger charge is 2.11. The molecular formula is C15H12ClNO4. The fraction of sp³-hybridized carbons (Fsp3) is 0.133. The molecule has 108 valence electrons. The summed E-state index contributed by atoms with van der Waals surface area (Å²) in [5.74, 6) is 0.866. The standard InChI is InChI=1S/C15H12ClNO4/c1-2-14(18)10-3-6-12(7-4-10)21-15-8-5-11(17(19)20)9-13(15)16/h3-9H,2H2,1H3. The Morgan fingerprint density at radius 2 is 1.90 bits per heavy atom. The van der Waals surface area contributed by atoms with Crippen molar-refractivity contribution in [2.24, 2.45) is 0 Å². The van der Waals surface area contributed by atoms with Crippen LogP contribution in [0.15, 0.2) is 42.5 Å². The van der Waals surface area contributed by atoms with Crippen molar-refractivity contribution < 1.29 is 14.5 Å². The van der Waals surface area contributed by atoms with E-state index in [-0.39, 0.29) is 16.5 Å². The number of halogens is 1. The molecule has 0 saturated carbocycles. The Morgan fingerprint density at radius 3 is 2.43 bits per heavy atom. The normalized spacial score (nSPS) is 10.2. The first-order chi connectivity index (χ1) is 10.0. The summed E-state index contributed by atoms with van der Waals surface area (Å²) >= 11 is 5.94. The first kappa shape index (κ1) is 15.0. The van der Waals surface area contributed by atoms with Crippen LogP contribution in [0.3, 0.4) is 0 Å². The van der Waals surface area contributed by atoms with Gasteiger partial charge < -0.3 is 4.74 Å². The van der Waals surface area contributed by atoms with Crippen LogP contribution in [0, 0.1) is 10.1 Å². The van der Waals surface area contributed by atoms with Crippen molar-refractivity contribution in [1.29, 1.82) is 0 Å². The van der Waals surface area contributed by atoms with Crippen molar-refractivity contribution in [2.75, 3.05) is 0 Å². The number of non-ortho nitro benzene ring substituents is 1. The summed E-state index contributed by atoms with van der Waals surface area (Å²) in [6.07, 6.45) is 0.439. The number of nitro benzene ring substituents is 1. The van der Waals surface area contributed by atoms with Gasteiger partial charge in [-0.15, -0.1) is 0 Å². The molecule has 0 aliphatic heterocycles. The second kappa shape index (κ2) is 6.37. The smallest absolute Gasteiger partial charge is 0.271 e. The number of hydrogen-bond acceptors (Lipinski definition) is 4. The number of nitro groups is 1. The van der Waals surface area contributed by atoms with Crippen LogP contribution in [0.5, 0.6) is 11.5 Å². The molecule has 5 nitrogen and oxygen atoms in total. The van der Waals surface area contributed by atoms with E-state index in [1.54, 1.807) is 31.2 Å². The minimum Gasteiger partial charge on any atom is -0.456 e. The van der Waals surface area contributed by atoms with Crippen molar-refractivity contribution >= 4 is 23.1 Å². The molecule has 0 atom stereocenters. The molecule has 0 saturated heterocycles. The van der Waals surface area contributed by atoms with Gasteiger partial charge in [-0.25, -0.2) is 0 Å². The Hall–Kier alpha value is -2.40. The summed E-state index contributed by atoms with van der Waals surface area (Å²) in [7, 11) is 0. The fourth-order valence-electron chi connectivity index (χ4n) is 1.73. The van der Waals surface area contributed by atoms with Gasteiger partial charge in [0.15, 0.2) is 5.78 Å². The van der Waals surface area contributed by atoms with E-state index in [2.05, 4.69) is 0 Å². The molecule has 21 heavy (non-hydrogen) atoms. The highest BCUT2D eigenvalue weighted by Crippen LogP contribution is 2.32. The predicted octanol–water partition coefficient (Wildman–Crippen LogP) is 4.63. The van der Waals surface area contributed by atoms with Gasteiger partial charge in [0.2, 0.25) is 0 Å². The van der Waals surface area contributed by atoms with Gasteiger partial charge in [0.25, 0.3) is 5.69 Å². The quantitative estimate of drug-likeness (QED) is 0.458. The zero-order valence-corrected chi connectivity index (χ0v) is 12.0. The fourth-order valence-corrected chi connectivity index (χ4v) is 1.94. The van der Waals surface area contributed by atoms with Gasteiger partial charge in [-0.05, 0) is 30.3 Å². The lowest BCUT2D eigenvalue weighted by molar-refractivity contribution is -0.384. The monoisotopic (exact) mass is 305 g/mol. The minimum absolute atomic E-state index is 0.0509. The zero-order valence-electron chi connectivity index (χ0n) is 11.2. The molecule has 0 spiro atoms. The van der Waals surface area contributed by atoms with Crippen LogP contribution < -0.4 is 4.74 Å². The van der Waals surface area contributed by atoms with E-state index in [0.29, 0.717) is 23.5 Å².